The third kappa shape index (κ3) is 4.62. The number of carbonyl (C=O) groups excluding carboxylic acids is 1. The van der Waals surface area contributed by atoms with E-state index >= 15 is 0 Å². The summed E-state index contributed by atoms with van der Waals surface area (Å²) in [6, 6.07) is 8.29. The summed E-state index contributed by atoms with van der Waals surface area (Å²) < 4.78 is 6.44. The average molecular weight is 397 g/mol. The number of rotatable bonds is 4. The van der Waals surface area contributed by atoms with E-state index in [2.05, 4.69) is 43.2 Å². The average Bonchev–Trinajstić information content (AvgIpc) is 2.63. The second kappa shape index (κ2) is 8.69. The van der Waals surface area contributed by atoms with E-state index in [4.69, 9.17) is 4.74 Å². The fourth-order valence-corrected chi connectivity index (χ4v) is 3.65. The number of benzene rings is 1. The Labute approximate surface area is 151 Å². The second-order valence-electron chi connectivity index (χ2n) is 6.11. The zero-order valence-electron chi connectivity index (χ0n) is 13.9. The second-order valence-corrected chi connectivity index (χ2v) is 6.97. The number of hydrogen-bond donors (Lipinski definition) is 1. The van der Waals surface area contributed by atoms with Gasteiger partial charge in [0, 0.05) is 56.8 Å². The van der Waals surface area contributed by atoms with Crippen LogP contribution < -0.4 is 10.2 Å². The Morgan fingerprint density at radius 2 is 1.79 bits per heavy atom. The van der Waals surface area contributed by atoms with Crippen LogP contribution in [0.2, 0.25) is 0 Å². The van der Waals surface area contributed by atoms with Gasteiger partial charge >= 0.3 is 6.03 Å². The van der Waals surface area contributed by atoms with Gasteiger partial charge in [0.15, 0.2) is 0 Å². The van der Waals surface area contributed by atoms with Crippen molar-refractivity contribution in [1.29, 1.82) is 0 Å². The van der Waals surface area contributed by atoms with E-state index in [1.807, 2.05) is 17.0 Å². The van der Waals surface area contributed by atoms with Crippen molar-refractivity contribution in [2.75, 3.05) is 70.5 Å². The molecule has 0 aromatic heterocycles. The SMILES string of the molecule is O=C(NCCN1CCOCC1)N1CCN(c2ccccc2Br)CC1. The molecule has 0 radical (unpaired) electrons. The first-order chi connectivity index (χ1) is 11.7. The van der Waals surface area contributed by atoms with Gasteiger partial charge in [-0.05, 0) is 28.1 Å². The number of nitrogens with one attached hydrogen (secondary N) is 1. The maximum atomic E-state index is 12.3. The zero-order valence-corrected chi connectivity index (χ0v) is 15.5. The molecule has 0 saturated carbocycles. The van der Waals surface area contributed by atoms with Gasteiger partial charge in [-0.1, -0.05) is 12.1 Å². The van der Waals surface area contributed by atoms with Crippen molar-refractivity contribution >= 4 is 27.6 Å². The summed E-state index contributed by atoms with van der Waals surface area (Å²) in [5.41, 5.74) is 1.20. The van der Waals surface area contributed by atoms with Crippen LogP contribution in [0.4, 0.5) is 10.5 Å². The van der Waals surface area contributed by atoms with Crippen LogP contribution in [0.1, 0.15) is 0 Å². The van der Waals surface area contributed by atoms with Crippen molar-refractivity contribution in [3.63, 3.8) is 0 Å². The molecule has 7 heteroatoms. The van der Waals surface area contributed by atoms with Crippen LogP contribution in [0, 0.1) is 0 Å². The minimum absolute atomic E-state index is 0.0510. The normalized spacial score (nSPS) is 19.4. The number of piperazine rings is 1. The highest BCUT2D eigenvalue weighted by Gasteiger charge is 2.22. The third-order valence-corrected chi connectivity index (χ3v) is 5.24. The van der Waals surface area contributed by atoms with Gasteiger partial charge in [0.25, 0.3) is 0 Å². The van der Waals surface area contributed by atoms with Crippen molar-refractivity contribution in [3.05, 3.63) is 28.7 Å². The lowest BCUT2D eigenvalue weighted by Gasteiger charge is -2.36. The Balaban J connectivity index is 1.39. The lowest BCUT2D eigenvalue weighted by molar-refractivity contribution is 0.0386. The Kier molecular flexibility index (Phi) is 6.34. The van der Waals surface area contributed by atoms with E-state index in [9.17, 15) is 4.79 Å². The predicted molar refractivity (Wildman–Crippen MR) is 98.6 cm³/mol. The maximum absolute atomic E-state index is 12.3. The van der Waals surface area contributed by atoms with E-state index in [1.54, 1.807) is 0 Å². The molecule has 0 bridgehead atoms. The summed E-state index contributed by atoms with van der Waals surface area (Å²) in [6.07, 6.45) is 0. The molecule has 6 nitrogen and oxygen atoms in total. The van der Waals surface area contributed by atoms with Crippen LogP contribution >= 0.6 is 15.9 Å². The van der Waals surface area contributed by atoms with Crippen LogP contribution in [0.25, 0.3) is 0 Å². The lowest BCUT2D eigenvalue weighted by Crippen LogP contribution is -2.53. The Bertz CT molecular complexity index is 543. The number of carbonyl (C=O) groups is 1. The Hall–Kier alpha value is -1.31. The molecule has 2 amide bonds. The summed E-state index contributed by atoms with van der Waals surface area (Å²) in [6.45, 7) is 8.33. The van der Waals surface area contributed by atoms with Crippen molar-refractivity contribution < 1.29 is 9.53 Å². The van der Waals surface area contributed by atoms with Crippen molar-refractivity contribution in [2.45, 2.75) is 0 Å². The smallest absolute Gasteiger partial charge is 0.317 e. The monoisotopic (exact) mass is 396 g/mol. The number of morpholine rings is 1. The molecular formula is C17H25BrN4O2. The van der Waals surface area contributed by atoms with E-state index < -0.39 is 0 Å². The zero-order chi connectivity index (χ0) is 16.8. The first kappa shape index (κ1) is 17.5. The fraction of sp³-hybridized carbons (Fsp3) is 0.588. The van der Waals surface area contributed by atoms with Crippen LogP contribution in [-0.2, 0) is 4.74 Å². The number of amides is 2. The number of nitrogens with zero attached hydrogens (tertiary/aromatic N) is 3. The van der Waals surface area contributed by atoms with Crippen LogP contribution in [0.3, 0.4) is 0 Å². The number of hydrogen-bond acceptors (Lipinski definition) is 4. The first-order valence-corrected chi connectivity index (χ1v) is 9.36. The van der Waals surface area contributed by atoms with Gasteiger partial charge in [-0.3, -0.25) is 4.90 Å². The van der Waals surface area contributed by atoms with Gasteiger partial charge in [0.05, 0.1) is 18.9 Å². The highest BCUT2D eigenvalue weighted by atomic mass is 79.9. The van der Waals surface area contributed by atoms with Crippen molar-refractivity contribution in [3.8, 4) is 0 Å². The van der Waals surface area contributed by atoms with Crippen LogP contribution in [-0.4, -0.2) is 81.4 Å². The molecule has 2 aliphatic heterocycles. The molecule has 0 aliphatic carbocycles. The molecule has 2 heterocycles. The molecule has 1 aromatic rings. The molecule has 132 valence electrons. The topological polar surface area (TPSA) is 48.1 Å². The molecule has 2 saturated heterocycles. The van der Waals surface area contributed by atoms with E-state index in [-0.39, 0.29) is 6.03 Å². The molecule has 1 N–H and O–H groups in total. The van der Waals surface area contributed by atoms with Gasteiger partial charge in [0.2, 0.25) is 0 Å². The summed E-state index contributed by atoms with van der Waals surface area (Å²) in [5.74, 6) is 0. The maximum Gasteiger partial charge on any atom is 0.317 e. The highest BCUT2D eigenvalue weighted by Crippen LogP contribution is 2.26. The molecule has 0 atom stereocenters. The number of para-hydroxylation sites is 1. The molecule has 1 aromatic carbocycles. The largest absolute Gasteiger partial charge is 0.379 e. The summed E-state index contributed by atoms with van der Waals surface area (Å²) in [5, 5.41) is 3.04. The number of anilines is 1. The summed E-state index contributed by atoms with van der Waals surface area (Å²) in [4.78, 5) is 18.9. The van der Waals surface area contributed by atoms with E-state index in [0.717, 1.165) is 63.5 Å². The standard InChI is InChI=1S/C17H25BrN4O2/c18-15-3-1-2-4-16(15)21-7-9-22(10-8-21)17(23)19-5-6-20-11-13-24-14-12-20/h1-4H,5-14H2,(H,19,23). The number of halogens is 1. The molecule has 2 fully saturated rings. The molecule has 2 aliphatic rings. The predicted octanol–water partition coefficient (Wildman–Crippen LogP) is 1.61. The summed E-state index contributed by atoms with van der Waals surface area (Å²) >= 11 is 3.60. The fourth-order valence-electron chi connectivity index (χ4n) is 3.12. The molecule has 24 heavy (non-hydrogen) atoms. The highest BCUT2D eigenvalue weighted by molar-refractivity contribution is 9.10. The van der Waals surface area contributed by atoms with Gasteiger partial charge in [-0.25, -0.2) is 4.79 Å². The van der Waals surface area contributed by atoms with Gasteiger partial charge in [-0.15, -0.1) is 0 Å². The van der Waals surface area contributed by atoms with Gasteiger partial charge in [0.1, 0.15) is 0 Å². The minimum Gasteiger partial charge on any atom is -0.379 e. The lowest BCUT2D eigenvalue weighted by atomic mass is 10.2. The molecule has 0 unspecified atom stereocenters. The van der Waals surface area contributed by atoms with Crippen molar-refractivity contribution in [1.82, 2.24) is 15.1 Å². The third-order valence-electron chi connectivity index (χ3n) is 4.57. The van der Waals surface area contributed by atoms with Gasteiger partial charge in [-0.2, -0.15) is 0 Å². The quantitative estimate of drug-likeness (QED) is 0.839. The number of ether oxygens (including phenoxy) is 1. The van der Waals surface area contributed by atoms with Crippen LogP contribution in [0.15, 0.2) is 28.7 Å². The summed E-state index contributed by atoms with van der Waals surface area (Å²) in [7, 11) is 0. The number of urea groups is 1. The molecule has 3 rings (SSSR count). The van der Waals surface area contributed by atoms with Crippen molar-refractivity contribution in [2.24, 2.45) is 0 Å². The van der Waals surface area contributed by atoms with Gasteiger partial charge < -0.3 is 19.9 Å². The van der Waals surface area contributed by atoms with E-state index in [0.29, 0.717) is 6.54 Å². The Morgan fingerprint density at radius 3 is 2.50 bits per heavy atom. The minimum atomic E-state index is 0.0510. The Morgan fingerprint density at radius 1 is 1.08 bits per heavy atom. The molecular weight excluding hydrogens is 372 g/mol. The molecule has 0 spiro atoms. The van der Waals surface area contributed by atoms with E-state index in [1.165, 1.54) is 5.69 Å². The van der Waals surface area contributed by atoms with Crippen LogP contribution in [0.5, 0.6) is 0 Å². The first-order valence-electron chi connectivity index (χ1n) is 8.56.